The van der Waals surface area contributed by atoms with Crippen LogP contribution in [0.25, 0.3) is 6.08 Å². The molecule has 3 nitrogen and oxygen atoms in total. The Kier molecular flexibility index (Phi) is 8.93. The van der Waals surface area contributed by atoms with E-state index in [-0.39, 0.29) is 0 Å². The highest BCUT2D eigenvalue weighted by Gasteiger charge is 1.80. The Morgan fingerprint density at radius 3 is 2.38 bits per heavy atom. The fourth-order valence-electron chi connectivity index (χ4n) is 0.978. The van der Waals surface area contributed by atoms with E-state index in [1.54, 1.807) is 0 Å². The number of unbranched alkanes of at least 4 members (excludes halogenated alkanes) is 1. The standard InChI is InChI=1S/C9H8O2.C4H11N/c10-9(11)7-6-8-4-2-1-3-5-8;1-2-3-4-5/h1-7H,(H,10,11);2-5H2,1H3. The minimum atomic E-state index is -1.17. The van der Waals surface area contributed by atoms with Crippen LogP contribution < -0.4 is 10.8 Å². The summed E-state index contributed by atoms with van der Waals surface area (Å²) in [7, 11) is 0. The van der Waals surface area contributed by atoms with E-state index in [2.05, 4.69) is 12.7 Å². The van der Waals surface area contributed by atoms with Gasteiger partial charge in [-0.25, -0.2) is 0 Å². The van der Waals surface area contributed by atoms with Crippen molar-refractivity contribution in [2.75, 3.05) is 6.54 Å². The van der Waals surface area contributed by atoms with E-state index in [1.807, 2.05) is 30.3 Å². The Balaban J connectivity index is 0.000000385. The molecule has 3 heteroatoms. The van der Waals surface area contributed by atoms with E-state index >= 15 is 0 Å². The Labute approximate surface area is 96.6 Å². The molecule has 16 heavy (non-hydrogen) atoms. The van der Waals surface area contributed by atoms with Gasteiger partial charge in [0, 0.05) is 0 Å². The summed E-state index contributed by atoms with van der Waals surface area (Å²) in [6.45, 7) is 3.27. The first-order valence-corrected chi connectivity index (χ1v) is 5.44. The first-order valence-electron chi connectivity index (χ1n) is 5.44. The highest BCUT2D eigenvalue weighted by atomic mass is 16.4. The van der Waals surface area contributed by atoms with Gasteiger partial charge in [-0.15, -0.1) is 0 Å². The van der Waals surface area contributed by atoms with Crippen molar-refractivity contribution in [3.63, 3.8) is 0 Å². The van der Waals surface area contributed by atoms with Gasteiger partial charge in [0.1, 0.15) is 0 Å². The fraction of sp³-hybridized carbons (Fsp3) is 0.308. The summed E-state index contributed by atoms with van der Waals surface area (Å²) in [5.41, 5.74) is 4.53. The zero-order chi connectivity index (χ0) is 12.2. The normalized spacial score (nSPS) is 9.62. The van der Waals surface area contributed by atoms with Crippen LogP contribution in [0.15, 0.2) is 36.4 Å². The van der Waals surface area contributed by atoms with Crippen molar-refractivity contribution in [2.45, 2.75) is 19.8 Å². The van der Waals surface area contributed by atoms with Crippen molar-refractivity contribution < 1.29 is 15.6 Å². The molecule has 0 aliphatic heterocycles. The first-order chi connectivity index (χ1) is 7.70. The van der Waals surface area contributed by atoms with Crippen LogP contribution >= 0.6 is 0 Å². The van der Waals surface area contributed by atoms with Crippen molar-refractivity contribution in [3.8, 4) is 0 Å². The lowest BCUT2D eigenvalue weighted by Crippen LogP contribution is -2.49. The molecule has 0 aliphatic carbocycles. The SMILES string of the molecule is CCCC[NH3+].O=C([O-])C=Cc1ccccc1. The van der Waals surface area contributed by atoms with Gasteiger partial charge in [-0.1, -0.05) is 49.8 Å². The minimum Gasteiger partial charge on any atom is -0.545 e. The predicted octanol–water partition coefficient (Wildman–Crippen LogP) is 0.478. The Morgan fingerprint density at radius 2 is 2.00 bits per heavy atom. The average Bonchev–Trinajstić information content (AvgIpc) is 2.30. The number of rotatable bonds is 4. The van der Waals surface area contributed by atoms with E-state index in [4.69, 9.17) is 0 Å². The number of hydrogen-bond donors (Lipinski definition) is 1. The van der Waals surface area contributed by atoms with Gasteiger partial charge in [0.2, 0.25) is 0 Å². The molecule has 0 bridgehead atoms. The van der Waals surface area contributed by atoms with E-state index in [0.717, 1.165) is 18.2 Å². The molecule has 3 N–H and O–H groups in total. The van der Waals surface area contributed by atoms with Crippen molar-refractivity contribution >= 4 is 12.0 Å². The summed E-state index contributed by atoms with van der Waals surface area (Å²) in [6.07, 6.45) is 5.06. The smallest absolute Gasteiger partial charge is 0.0739 e. The number of aliphatic carboxylic acids is 1. The lowest BCUT2D eigenvalue weighted by atomic mass is 10.2. The molecule has 1 aromatic carbocycles. The molecule has 0 amide bonds. The Morgan fingerprint density at radius 1 is 1.38 bits per heavy atom. The second-order valence-electron chi connectivity index (χ2n) is 3.27. The zero-order valence-corrected chi connectivity index (χ0v) is 9.69. The molecule has 0 radical (unpaired) electrons. The zero-order valence-electron chi connectivity index (χ0n) is 9.69. The van der Waals surface area contributed by atoms with Gasteiger partial charge in [-0.3, -0.25) is 0 Å². The molecule has 0 saturated heterocycles. The van der Waals surface area contributed by atoms with Crippen LogP contribution in [0.4, 0.5) is 0 Å². The van der Waals surface area contributed by atoms with Crippen LogP contribution in [0.3, 0.4) is 0 Å². The molecule has 0 heterocycles. The minimum absolute atomic E-state index is 0.858. The van der Waals surface area contributed by atoms with Gasteiger partial charge >= 0.3 is 0 Å². The lowest BCUT2D eigenvalue weighted by molar-refractivity contribution is -0.368. The topological polar surface area (TPSA) is 67.8 Å². The Hall–Kier alpha value is -1.61. The van der Waals surface area contributed by atoms with Crippen molar-refractivity contribution in [1.82, 2.24) is 0 Å². The van der Waals surface area contributed by atoms with Gasteiger partial charge in [-0.05, 0) is 18.1 Å². The molecule has 0 atom stereocenters. The molecule has 0 unspecified atom stereocenters. The number of carbonyl (C=O) groups is 1. The van der Waals surface area contributed by atoms with Gasteiger partial charge < -0.3 is 15.6 Å². The highest BCUT2D eigenvalue weighted by molar-refractivity contribution is 5.83. The third-order valence-corrected chi connectivity index (χ3v) is 1.81. The summed E-state index contributed by atoms with van der Waals surface area (Å²) in [5.74, 6) is -1.17. The monoisotopic (exact) mass is 221 g/mol. The number of carbonyl (C=O) groups excluding carboxylic acids is 1. The number of benzene rings is 1. The molecule has 0 saturated carbocycles. The van der Waals surface area contributed by atoms with E-state index in [0.29, 0.717) is 0 Å². The molecule has 1 rings (SSSR count). The number of carboxylic acids is 1. The van der Waals surface area contributed by atoms with E-state index in [1.165, 1.54) is 18.9 Å². The largest absolute Gasteiger partial charge is 0.545 e. The third kappa shape index (κ3) is 8.97. The maximum absolute atomic E-state index is 9.97. The number of hydrogen-bond acceptors (Lipinski definition) is 2. The predicted molar refractivity (Wildman–Crippen MR) is 63.1 cm³/mol. The molecule has 0 fully saturated rings. The number of carboxylic acid groups (broad SMARTS) is 1. The van der Waals surface area contributed by atoms with Gasteiger partial charge in [0.05, 0.1) is 12.5 Å². The summed E-state index contributed by atoms with van der Waals surface area (Å²) < 4.78 is 0. The quantitative estimate of drug-likeness (QED) is 0.751. The summed E-state index contributed by atoms with van der Waals surface area (Å²) in [5, 5.41) is 9.97. The lowest BCUT2D eigenvalue weighted by Gasteiger charge is -1.91. The molecule has 0 aromatic heterocycles. The second kappa shape index (κ2) is 9.93. The summed E-state index contributed by atoms with van der Waals surface area (Å²) >= 11 is 0. The summed E-state index contributed by atoms with van der Waals surface area (Å²) in [4.78, 5) is 9.97. The third-order valence-electron chi connectivity index (χ3n) is 1.81. The van der Waals surface area contributed by atoms with E-state index in [9.17, 15) is 9.90 Å². The fourth-order valence-corrected chi connectivity index (χ4v) is 0.978. The molecule has 0 spiro atoms. The molecule has 88 valence electrons. The number of quaternary nitrogens is 1. The second-order valence-corrected chi connectivity index (χ2v) is 3.27. The van der Waals surface area contributed by atoms with Gasteiger partial charge in [-0.2, -0.15) is 0 Å². The maximum atomic E-state index is 9.97. The van der Waals surface area contributed by atoms with E-state index < -0.39 is 5.97 Å². The van der Waals surface area contributed by atoms with Gasteiger partial charge in [0.25, 0.3) is 0 Å². The van der Waals surface area contributed by atoms with Crippen molar-refractivity contribution in [2.24, 2.45) is 0 Å². The molecule has 1 aromatic rings. The van der Waals surface area contributed by atoms with Crippen LogP contribution in [0, 0.1) is 0 Å². The van der Waals surface area contributed by atoms with Crippen LogP contribution in [-0.4, -0.2) is 12.5 Å². The van der Waals surface area contributed by atoms with Crippen LogP contribution in [0.5, 0.6) is 0 Å². The summed E-state index contributed by atoms with van der Waals surface area (Å²) in [6, 6.07) is 9.19. The first kappa shape index (κ1) is 14.4. The van der Waals surface area contributed by atoms with Gasteiger partial charge in [0.15, 0.2) is 0 Å². The van der Waals surface area contributed by atoms with Crippen molar-refractivity contribution in [3.05, 3.63) is 42.0 Å². The maximum Gasteiger partial charge on any atom is 0.0739 e. The van der Waals surface area contributed by atoms with Crippen LogP contribution in [0.1, 0.15) is 25.3 Å². The van der Waals surface area contributed by atoms with Crippen molar-refractivity contribution in [1.29, 1.82) is 0 Å². The molecular formula is C13H19NO2. The Bertz CT molecular complexity index is 305. The highest BCUT2D eigenvalue weighted by Crippen LogP contribution is 1.99. The average molecular weight is 221 g/mol. The van der Waals surface area contributed by atoms with Crippen LogP contribution in [-0.2, 0) is 4.79 Å². The molecular weight excluding hydrogens is 202 g/mol. The molecule has 0 aliphatic rings. The van der Waals surface area contributed by atoms with Crippen LogP contribution in [0.2, 0.25) is 0 Å².